The van der Waals surface area contributed by atoms with E-state index in [1.54, 1.807) is 19.1 Å². The molecule has 0 aliphatic carbocycles. The first-order chi connectivity index (χ1) is 8.65. The minimum Gasteiger partial charge on any atom is -0.462 e. The monoisotopic (exact) mass is 249 g/mol. The Labute approximate surface area is 107 Å². The van der Waals surface area contributed by atoms with Gasteiger partial charge in [0.25, 0.3) is 0 Å². The normalized spacial score (nSPS) is 23.7. The van der Waals surface area contributed by atoms with E-state index in [1.165, 1.54) is 0 Å². The van der Waals surface area contributed by atoms with E-state index in [0.29, 0.717) is 18.8 Å². The van der Waals surface area contributed by atoms with Gasteiger partial charge in [-0.3, -0.25) is 0 Å². The fourth-order valence-electron chi connectivity index (χ4n) is 2.20. The lowest BCUT2D eigenvalue weighted by Gasteiger charge is -2.33. The number of esters is 1. The largest absolute Gasteiger partial charge is 0.462 e. The highest BCUT2D eigenvalue weighted by Gasteiger charge is 2.30. The Bertz CT molecular complexity index is 408. The molecular weight excluding hydrogens is 230 g/mol. The van der Waals surface area contributed by atoms with Crippen LogP contribution in [0.25, 0.3) is 0 Å². The number of carbonyl (C=O) groups excluding carboxylic acids is 1. The molecule has 0 aromatic heterocycles. The molecule has 98 valence electrons. The topological polar surface area (TPSA) is 61.5 Å². The van der Waals surface area contributed by atoms with Gasteiger partial charge in [-0.15, -0.1) is 0 Å². The van der Waals surface area contributed by atoms with E-state index in [1.807, 2.05) is 12.1 Å². The Morgan fingerprint density at radius 1 is 1.44 bits per heavy atom. The number of hydrogen-bond acceptors (Lipinski definition) is 4. The number of hydrogen-bond donors (Lipinski definition) is 1. The van der Waals surface area contributed by atoms with Crippen LogP contribution in [0.2, 0.25) is 0 Å². The van der Waals surface area contributed by atoms with Gasteiger partial charge in [0.1, 0.15) is 0 Å². The number of carbonyl (C=O) groups is 1. The van der Waals surface area contributed by atoms with Crippen LogP contribution in [0, 0.1) is 0 Å². The van der Waals surface area contributed by atoms with Gasteiger partial charge in [-0.1, -0.05) is 12.1 Å². The minimum atomic E-state index is -0.425. The highest BCUT2D eigenvalue weighted by atomic mass is 16.5. The zero-order valence-corrected chi connectivity index (χ0v) is 10.6. The van der Waals surface area contributed by atoms with Gasteiger partial charge in [0, 0.05) is 6.61 Å². The van der Waals surface area contributed by atoms with E-state index in [2.05, 4.69) is 0 Å². The number of benzene rings is 1. The maximum Gasteiger partial charge on any atom is 0.338 e. The van der Waals surface area contributed by atoms with Crippen molar-refractivity contribution >= 4 is 5.97 Å². The van der Waals surface area contributed by atoms with Crippen molar-refractivity contribution in [3.8, 4) is 0 Å². The first kappa shape index (κ1) is 13.1. The molecule has 1 aromatic carbocycles. The predicted molar refractivity (Wildman–Crippen MR) is 68.3 cm³/mol. The summed E-state index contributed by atoms with van der Waals surface area (Å²) in [7, 11) is 0. The molecule has 1 aliphatic heterocycles. The van der Waals surface area contributed by atoms with Crippen molar-refractivity contribution in [2.24, 2.45) is 5.73 Å². The molecule has 1 saturated heterocycles. The van der Waals surface area contributed by atoms with Crippen LogP contribution < -0.4 is 5.73 Å². The first-order valence-corrected chi connectivity index (χ1v) is 6.30. The Morgan fingerprint density at radius 2 is 2.17 bits per heavy atom. The summed E-state index contributed by atoms with van der Waals surface area (Å²) in [6.07, 6.45) is 1.88. The summed E-state index contributed by atoms with van der Waals surface area (Å²) in [5.74, 6) is -0.296. The summed E-state index contributed by atoms with van der Waals surface area (Å²) in [4.78, 5) is 11.5. The number of nitrogens with two attached hydrogens (primary N) is 1. The molecule has 1 atom stereocenters. The van der Waals surface area contributed by atoms with Gasteiger partial charge in [-0.25, -0.2) is 4.79 Å². The van der Waals surface area contributed by atoms with Gasteiger partial charge in [0.15, 0.2) is 0 Å². The first-order valence-electron chi connectivity index (χ1n) is 6.30. The molecule has 1 heterocycles. The van der Waals surface area contributed by atoms with Crippen molar-refractivity contribution in [3.05, 3.63) is 35.4 Å². The lowest BCUT2D eigenvalue weighted by Crippen LogP contribution is -2.44. The average Bonchev–Trinajstić information content (AvgIpc) is 2.40. The summed E-state index contributed by atoms with van der Waals surface area (Å²) < 4.78 is 10.4. The van der Waals surface area contributed by atoms with Gasteiger partial charge in [0.05, 0.1) is 24.3 Å². The van der Waals surface area contributed by atoms with Gasteiger partial charge in [0.2, 0.25) is 0 Å². The van der Waals surface area contributed by atoms with Crippen LogP contribution in [0.3, 0.4) is 0 Å². The van der Waals surface area contributed by atoms with Crippen molar-refractivity contribution < 1.29 is 14.3 Å². The molecule has 1 unspecified atom stereocenters. The van der Waals surface area contributed by atoms with E-state index in [4.69, 9.17) is 15.2 Å². The van der Waals surface area contributed by atoms with Gasteiger partial charge < -0.3 is 15.2 Å². The second kappa shape index (κ2) is 5.50. The average molecular weight is 249 g/mol. The molecule has 0 saturated carbocycles. The van der Waals surface area contributed by atoms with E-state index < -0.39 is 5.54 Å². The van der Waals surface area contributed by atoms with Crippen LogP contribution in [-0.2, 0) is 15.0 Å². The second-order valence-electron chi connectivity index (χ2n) is 4.61. The molecule has 18 heavy (non-hydrogen) atoms. The molecule has 4 heteroatoms. The molecular formula is C14H19NO3. The van der Waals surface area contributed by atoms with Gasteiger partial charge >= 0.3 is 5.97 Å². The molecule has 1 fully saturated rings. The van der Waals surface area contributed by atoms with E-state index in [-0.39, 0.29) is 5.97 Å². The zero-order valence-electron chi connectivity index (χ0n) is 10.6. The van der Waals surface area contributed by atoms with Crippen LogP contribution in [0.4, 0.5) is 0 Å². The summed E-state index contributed by atoms with van der Waals surface area (Å²) in [5.41, 5.74) is 7.46. The molecule has 0 bridgehead atoms. The van der Waals surface area contributed by atoms with E-state index >= 15 is 0 Å². The SMILES string of the molecule is CCOC(=O)c1ccc(C2(N)CCCOC2)cc1. The van der Waals surface area contributed by atoms with Gasteiger partial charge in [-0.05, 0) is 37.5 Å². The summed E-state index contributed by atoms with van der Waals surface area (Å²) in [5, 5.41) is 0. The van der Waals surface area contributed by atoms with Crippen molar-refractivity contribution in [2.45, 2.75) is 25.3 Å². The fourth-order valence-corrected chi connectivity index (χ4v) is 2.20. The van der Waals surface area contributed by atoms with Crippen LogP contribution in [0.1, 0.15) is 35.7 Å². The third-order valence-corrected chi connectivity index (χ3v) is 3.24. The number of ether oxygens (including phenoxy) is 2. The molecule has 1 aromatic rings. The molecule has 0 radical (unpaired) electrons. The molecule has 2 N–H and O–H groups in total. The Morgan fingerprint density at radius 3 is 2.72 bits per heavy atom. The van der Waals surface area contributed by atoms with Crippen LogP contribution in [0.15, 0.2) is 24.3 Å². The Kier molecular flexibility index (Phi) is 3.99. The lowest BCUT2D eigenvalue weighted by atomic mass is 9.85. The maximum atomic E-state index is 11.5. The van der Waals surface area contributed by atoms with E-state index in [9.17, 15) is 4.79 Å². The predicted octanol–water partition coefficient (Wildman–Crippen LogP) is 1.83. The van der Waals surface area contributed by atoms with Gasteiger partial charge in [-0.2, -0.15) is 0 Å². The maximum absolute atomic E-state index is 11.5. The molecule has 4 nitrogen and oxygen atoms in total. The fraction of sp³-hybridized carbons (Fsp3) is 0.500. The van der Waals surface area contributed by atoms with Crippen LogP contribution in [-0.4, -0.2) is 25.8 Å². The van der Waals surface area contributed by atoms with Crippen molar-refractivity contribution in [1.29, 1.82) is 0 Å². The van der Waals surface area contributed by atoms with Crippen molar-refractivity contribution in [1.82, 2.24) is 0 Å². The molecule has 0 spiro atoms. The highest BCUT2D eigenvalue weighted by Crippen LogP contribution is 2.27. The Hall–Kier alpha value is -1.39. The quantitative estimate of drug-likeness (QED) is 0.830. The molecule has 1 aliphatic rings. The highest BCUT2D eigenvalue weighted by molar-refractivity contribution is 5.89. The zero-order chi connectivity index (χ0) is 13.0. The standard InChI is InChI=1S/C14H19NO3/c1-2-18-13(16)11-4-6-12(7-5-11)14(15)8-3-9-17-10-14/h4-7H,2-3,8-10,15H2,1H3. The second-order valence-corrected chi connectivity index (χ2v) is 4.61. The third-order valence-electron chi connectivity index (χ3n) is 3.24. The van der Waals surface area contributed by atoms with Crippen molar-refractivity contribution in [3.63, 3.8) is 0 Å². The van der Waals surface area contributed by atoms with Crippen molar-refractivity contribution in [2.75, 3.05) is 19.8 Å². The number of rotatable bonds is 3. The summed E-state index contributed by atoms with van der Waals surface area (Å²) in [6, 6.07) is 7.30. The lowest BCUT2D eigenvalue weighted by molar-refractivity contribution is 0.0366. The molecule has 2 rings (SSSR count). The Balaban J connectivity index is 2.14. The van der Waals surface area contributed by atoms with Crippen LogP contribution in [0.5, 0.6) is 0 Å². The summed E-state index contributed by atoms with van der Waals surface area (Å²) >= 11 is 0. The van der Waals surface area contributed by atoms with E-state index in [0.717, 1.165) is 25.0 Å². The third kappa shape index (κ3) is 2.71. The summed E-state index contributed by atoms with van der Waals surface area (Å²) in [6.45, 7) is 3.49. The minimum absolute atomic E-state index is 0.296. The van der Waals surface area contributed by atoms with Crippen LogP contribution >= 0.6 is 0 Å². The molecule has 0 amide bonds. The smallest absolute Gasteiger partial charge is 0.338 e.